The van der Waals surface area contributed by atoms with Gasteiger partial charge in [-0.2, -0.15) is 0 Å². The number of carbonyl (C=O) groups excluding carboxylic acids is 2. The fraction of sp³-hybridized carbons (Fsp3) is 0.364. The second kappa shape index (κ2) is 6.60. The summed E-state index contributed by atoms with van der Waals surface area (Å²) in [5.41, 5.74) is 3.66. The first-order valence-corrected chi connectivity index (χ1v) is 9.02. The van der Waals surface area contributed by atoms with Gasteiger partial charge in [0.2, 0.25) is 11.8 Å². The fourth-order valence-electron chi connectivity index (χ4n) is 3.55. The summed E-state index contributed by atoms with van der Waals surface area (Å²) in [5, 5.41) is 2.98. The first-order valence-electron chi connectivity index (χ1n) is 9.02. The van der Waals surface area contributed by atoms with Crippen LogP contribution in [0.2, 0.25) is 0 Å². The van der Waals surface area contributed by atoms with Gasteiger partial charge in [-0.25, -0.2) is 0 Å². The van der Waals surface area contributed by atoms with E-state index in [1.165, 1.54) is 0 Å². The molecular weight excluding hydrogens is 324 g/mol. The molecule has 136 valence electrons. The van der Waals surface area contributed by atoms with Crippen molar-refractivity contribution in [1.29, 1.82) is 0 Å². The third-order valence-electron chi connectivity index (χ3n) is 5.25. The molecule has 0 radical (unpaired) electrons. The molecule has 0 aliphatic carbocycles. The van der Waals surface area contributed by atoms with E-state index in [1.54, 1.807) is 18.7 Å². The number of fused-ring (bicyclic) bond motifs is 1. The van der Waals surface area contributed by atoms with Gasteiger partial charge in [-0.3, -0.25) is 9.59 Å². The lowest BCUT2D eigenvalue weighted by Gasteiger charge is -2.31. The second-order valence-electron chi connectivity index (χ2n) is 7.70. The summed E-state index contributed by atoms with van der Waals surface area (Å²) in [6.45, 7) is 9.33. The maximum atomic E-state index is 13.3. The lowest BCUT2D eigenvalue weighted by atomic mass is 9.89. The molecule has 2 amide bonds. The molecule has 0 bridgehead atoms. The Kier molecular flexibility index (Phi) is 4.61. The van der Waals surface area contributed by atoms with Gasteiger partial charge < -0.3 is 10.2 Å². The van der Waals surface area contributed by atoms with Crippen LogP contribution in [0, 0.1) is 19.3 Å². The third kappa shape index (κ3) is 3.00. The van der Waals surface area contributed by atoms with E-state index in [9.17, 15) is 9.59 Å². The van der Waals surface area contributed by atoms with Crippen LogP contribution in [0.3, 0.4) is 0 Å². The zero-order valence-electron chi connectivity index (χ0n) is 16.1. The van der Waals surface area contributed by atoms with Crippen molar-refractivity contribution in [2.45, 2.75) is 47.1 Å². The van der Waals surface area contributed by atoms with E-state index < -0.39 is 5.41 Å². The summed E-state index contributed by atoms with van der Waals surface area (Å²) >= 11 is 0. The van der Waals surface area contributed by atoms with Crippen LogP contribution in [0.15, 0.2) is 42.5 Å². The van der Waals surface area contributed by atoms with E-state index >= 15 is 0 Å². The van der Waals surface area contributed by atoms with Crippen molar-refractivity contribution in [2.75, 3.05) is 10.2 Å². The van der Waals surface area contributed by atoms with E-state index in [4.69, 9.17) is 0 Å². The summed E-state index contributed by atoms with van der Waals surface area (Å²) in [4.78, 5) is 28.1. The van der Waals surface area contributed by atoms with Gasteiger partial charge in [0, 0.05) is 17.4 Å². The van der Waals surface area contributed by atoms with Crippen LogP contribution in [-0.4, -0.2) is 17.9 Å². The van der Waals surface area contributed by atoms with Gasteiger partial charge in [-0.15, -0.1) is 0 Å². The van der Waals surface area contributed by atoms with Crippen molar-refractivity contribution in [3.63, 3.8) is 0 Å². The van der Waals surface area contributed by atoms with E-state index in [0.717, 1.165) is 34.5 Å². The van der Waals surface area contributed by atoms with E-state index in [0.29, 0.717) is 0 Å². The average Bonchev–Trinajstić information content (AvgIpc) is 2.92. The number of hydrogen-bond acceptors (Lipinski definition) is 2. The minimum absolute atomic E-state index is 0.0483. The Morgan fingerprint density at radius 2 is 1.65 bits per heavy atom. The van der Waals surface area contributed by atoms with E-state index in [1.807, 2.05) is 63.2 Å². The monoisotopic (exact) mass is 350 g/mol. The van der Waals surface area contributed by atoms with Crippen molar-refractivity contribution in [2.24, 2.45) is 5.41 Å². The number of para-hydroxylation sites is 2. The highest BCUT2D eigenvalue weighted by Gasteiger charge is 2.43. The van der Waals surface area contributed by atoms with Crippen molar-refractivity contribution in [3.05, 3.63) is 59.2 Å². The Labute approximate surface area is 155 Å². The van der Waals surface area contributed by atoms with Gasteiger partial charge in [-0.05, 0) is 63.8 Å². The standard InChI is InChI=1S/C22H26N2O2/c1-14-9-8-10-15(2)19(14)23-20(25)22(4,5)21(26)24-16(3)13-17-11-6-7-12-18(17)24/h6-12,16H,13H2,1-5H3,(H,23,25). The molecule has 3 rings (SSSR count). The molecule has 1 aliphatic rings. The van der Waals surface area contributed by atoms with Crippen LogP contribution in [-0.2, 0) is 16.0 Å². The molecule has 2 aromatic carbocycles. The Bertz CT molecular complexity index is 850. The molecule has 26 heavy (non-hydrogen) atoms. The summed E-state index contributed by atoms with van der Waals surface area (Å²) in [6, 6.07) is 13.8. The number of anilines is 2. The molecule has 2 aromatic rings. The smallest absolute Gasteiger partial charge is 0.242 e. The van der Waals surface area contributed by atoms with E-state index in [-0.39, 0.29) is 17.9 Å². The molecule has 0 saturated carbocycles. The molecule has 1 N–H and O–H groups in total. The van der Waals surface area contributed by atoms with Crippen molar-refractivity contribution in [1.82, 2.24) is 0 Å². The first kappa shape index (κ1) is 18.2. The lowest BCUT2D eigenvalue weighted by molar-refractivity contribution is -0.136. The lowest BCUT2D eigenvalue weighted by Crippen LogP contribution is -2.49. The number of amides is 2. The minimum atomic E-state index is -1.17. The molecule has 4 nitrogen and oxygen atoms in total. The second-order valence-corrected chi connectivity index (χ2v) is 7.70. The van der Waals surface area contributed by atoms with Crippen molar-refractivity contribution >= 4 is 23.2 Å². The zero-order valence-corrected chi connectivity index (χ0v) is 16.1. The Morgan fingerprint density at radius 3 is 2.31 bits per heavy atom. The fourth-order valence-corrected chi connectivity index (χ4v) is 3.55. The topological polar surface area (TPSA) is 49.4 Å². The number of nitrogens with one attached hydrogen (secondary N) is 1. The Morgan fingerprint density at radius 1 is 1.04 bits per heavy atom. The van der Waals surface area contributed by atoms with Crippen LogP contribution in [0.1, 0.15) is 37.5 Å². The molecule has 1 heterocycles. The van der Waals surface area contributed by atoms with Crippen LogP contribution in [0.5, 0.6) is 0 Å². The quantitative estimate of drug-likeness (QED) is 0.842. The maximum Gasteiger partial charge on any atom is 0.242 e. The summed E-state index contributed by atoms with van der Waals surface area (Å²) in [7, 11) is 0. The molecule has 0 spiro atoms. The number of aryl methyl sites for hydroxylation is 2. The normalized spacial score (nSPS) is 16.3. The molecule has 1 unspecified atom stereocenters. The Balaban J connectivity index is 1.88. The van der Waals surface area contributed by atoms with Gasteiger partial charge in [0.15, 0.2) is 0 Å². The molecule has 0 saturated heterocycles. The first-order chi connectivity index (χ1) is 12.2. The van der Waals surface area contributed by atoms with Gasteiger partial charge in [-0.1, -0.05) is 36.4 Å². The van der Waals surface area contributed by atoms with Crippen LogP contribution < -0.4 is 10.2 Å². The van der Waals surface area contributed by atoms with Gasteiger partial charge in [0.05, 0.1) is 0 Å². The molecule has 1 atom stereocenters. The summed E-state index contributed by atoms with van der Waals surface area (Å²) in [6.07, 6.45) is 0.816. The number of benzene rings is 2. The molecule has 0 aromatic heterocycles. The van der Waals surface area contributed by atoms with Gasteiger partial charge in [0.1, 0.15) is 5.41 Å². The number of carbonyl (C=O) groups is 2. The summed E-state index contributed by atoms with van der Waals surface area (Å²) < 4.78 is 0. The van der Waals surface area contributed by atoms with Crippen LogP contribution in [0.25, 0.3) is 0 Å². The van der Waals surface area contributed by atoms with Crippen LogP contribution in [0.4, 0.5) is 11.4 Å². The van der Waals surface area contributed by atoms with Gasteiger partial charge in [0.25, 0.3) is 0 Å². The zero-order chi connectivity index (χ0) is 19.1. The SMILES string of the molecule is Cc1cccc(C)c1NC(=O)C(C)(C)C(=O)N1c2ccccc2CC1C. The van der Waals surface area contributed by atoms with Crippen LogP contribution >= 0.6 is 0 Å². The predicted molar refractivity (Wildman–Crippen MR) is 105 cm³/mol. The summed E-state index contributed by atoms with van der Waals surface area (Å²) in [5.74, 6) is -0.449. The van der Waals surface area contributed by atoms with E-state index in [2.05, 4.69) is 5.32 Å². The molecule has 4 heteroatoms. The van der Waals surface area contributed by atoms with Gasteiger partial charge >= 0.3 is 0 Å². The minimum Gasteiger partial charge on any atom is -0.325 e. The predicted octanol–water partition coefficient (Wildman–Crippen LogP) is 4.25. The number of rotatable bonds is 3. The number of hydrogen-bond donors (Lipinski definition) is 1. The van der Waals surface area contributed by atoms with Crippen molar-refractivity contribution < 1.29 is 9.59 Å². The highest BCUT2D eigenvalue weighted by Crippen LogP contribution is 2.36. The molecule has 0 fully saturated rings. The Hall–Kier alpha value is -2.62. The number of nitrogens with zero attached hydrogens (tertiary/aromatic N) is 1. The van der Waals surface area contributed by atoms with Crippen molar-refractivity contribution in [3.8, 4) is 0 Å². The average molecular weight is 350 g/mol. The maximum absolute atomic E-state index is 13.3. The molecule has 1 aliphatic heterocycles. The highest BCUT2D eigenvalue weighted by atomic mass is 16.2. The largest absolute Gasteiger partial charge is 0.325 e. The highest BCUT2D eigenvalue weighted by molar-refractivity contribution is 6.15. The molecular formula is C22H26N2O2. The third-order valence-corrected chi connectivity index (χ3v) is 5.25.